The lowest BCUT2D eigenvalue weighted by Crippen LogP contribution is -2.12. The first-order valence-electron chi connectivity index (χ1n) is 7.12. The third kappa shape index (κ3) is 3.28. The molecule has 1 N–H and O–H groups in total. The summed E-state index contributed by atoms with van der Waals surface area (Å²) in [7, 11) is 0. The second-order valence-corrected chi connectivity index (χ2v) is 5.10. The van der Waals surface area contributed by atoms with Gasteiger partial charge in [-0.15, -0.1) is 0 Å². The van der Waals surface area contributed by atoms with Gasteiger partial charge in [-0.25, -0.2) is 0 Å². The third-order valence-electron chi connectivity index (χ3n) is 3.41. The molecule has 2 aromatic rings. The monoisotopic (exact) mass is 295 g/mol. The number of allylic oxidation sites excluding steroid dienone is 2. The highest BCUT2D eigenvalue weighted by Gasteiger charge is 2.12. The van der Waals surface area contributed by atoms with Crippen LogP contribution in [0.3, 0.4) is 0 Å². The van der Waals surface area contributed by atoms with Gasteiger partial charge in [0, 0.05) is 23.9 Å². The summed E-state index contributed by atoms with van der Waals surface area (Å²) in [4.78, 5) is 12.1. The Balaban J connectivity index is 1.61. The predicted molar refractivity (Wildman–Crippen MR) is 83.9 cm³/mol. The standard InChI is InChI=1S/C18H17NO3/c1-13(9-16(20)15-5-3-2-4-6-15)19-11-14-7-8-17-18(10-14)22-12-21-17/h2-10,19H,11-12H2,1H3/b13-9+. The lowest BCUT2D eigenvalue weighted by atomic mass is 10.1. The molecule has 4 nitrogen and oxygen atoms in total. The van der Waals surface area contributed by atoms with E-state index in [2.05, 4.69) is 5.32 Å². The van der Waals surface area contributed by atoms with Crippen molar-refractivity contribution in [3.05, 3.63) is 71.4 Å². The van der Waals surface area contributed by atoms with Crippen LogP contribution in [0, 0.1) is 0 Å². The van der Waals surface area contributed by atoms with Crippen LogP contribution in [0.2, 0.25) is 0 Å². The lowest BCUT2D eigenvalue weighted by molar-refractivity contribution is 0.104. The number of benzene rings is 2. The highest BCUT2D eigenvalue weighted by Crippen LogP contribution is 2.32. The molecule has 0 spiro atoms. The van der Waals surface area contributed by atoms with E-state index in [1.54, 1.807) is 6.08 Å². The molecule has 22 heavy (non-hydrogen) atoms. The zero-order valence-electron chi connectivity index (χ0n) is 12.3. The van der Waals surface area contributed by atoms with Gasteiger partial charge in [0.15, 0.2) is 17.3 Å². The Morgan fingerprint density at radius 2 is 1.91 bits per heavy atom. The maximum Gasteiger partial charge on any atom is 0.231 e. The Bertz CT molecular complexity index is 708. The molecule has 1 heterocycles. The molecule has 0 bridgehead atoms. The Hall–Kier alpha value is -2.75. The molecule has 1 aliphatic heterocycles. The second kappa shape index (κ2) is 6.35. The van der Waals surface area contributed by atoms with Crippen molar-refractivity contribution in [2.24, 2.45) is 0 Å². The normalized spacial score (nSPS) is 13.0. The zero-order chi connectivity index (χ0) is 15.4. The molecule has 0 saturated carbocycles. The summed E-state index contributed by atoms with van der Waals surface area (Å²) in [6.07, 6.45) is 1.61. The van der Waals surface area contributed by atoms with Crippen LogP contribution in [-0.4, -0.2) is 12.6 Å². The van der Waals surface area contributed by atoms with Crippen molar-refractivity contribution >= 4 is 5.78 Å². The Kier molecular flexibility index (Phi) is 4.10. The highest BCUT2D eigenvalue weighted by molar-refractivity contribution is 6.04. The number of carbonyl (C=O) groups excluding carboxylic acids is 1. The van der Waals surface area contributed by atoms with Crippen LogP contribution < -0.4 is 14.8 Å². The van der Waals surface area contributed by atoms with E-state index in [0.717, 1.165) is 22.8 Å². The van der Waals surface area contributed by atoms with Crippen LogP contribution >= 0.6 is 0 Å². The molecule has 4 heteroatoms. The zero-order valence-corrected chi connectivity index (χ0v) is 12.3. The number of fused-ring (bicyclic) bond motifs is 1. The maximum absolute atomic E-state index is 12.1. The molecule has 0 fully saturated rings. The van der Waals surface area contributed by atoms with E-state index in [0.29, 0.717) is 12.1 Å². The number of hydrogen-bond donors (Lipinski definition) is 1. The van der Waals surface area contributed by atoms with Crippen molar-refractivity contribution in [1.29, 1.82) is 0 Å². The fourth-order valence-corrected chi connectivity index (χ4v) is 2.23. The predicted octanol–water partition coefficient (Wildman–Crippen LogP) is 3.29. The van der Waals surface area contributed by atoms with Crippen molar-refractivity contribution in [1.82, 2.24) is 5.32 Å². The van der Waals surface area contributed by atoms with Gasteiger partial charge >= 0.3 is 0 Å². The van der Waals surface area contributed by atoms with E-state index in [1.807, 2.05) is 55.5 Å². The molecule has 0 amide bonds. The van der Waals surface area contributed by atoms with Crippen LogP contribution in [0.25, 0.3) is 0 Å². The van der Waals surface area contributed by atoms with Crippen LogP contribution in [0.5, 0.6) is 11.5 Å². The fraction of sp³-hybridized carbons (Fsp3) is 0.167. The third-order valence-corrected chi connectivity index (χ3v) is 3.41. The Morgan fingerprint density at radius 1 is 1.14 bits per heavy atom. The molecule has 3 rings (SSSR count). The van der Waals surface area contributed by atoms with E-state index < -0.39 is 0 Å². The highest BCUT2D eigenvalue weighted by atomic mass is 16.7. The summed E-state index contributed by atoms with van der Waals surface area (Å²) >= 11 is 0. The van der Waals surface area contributed by atoms with Crippen molar-refractivity contribution in [2.45, 2.75) is 13.5 Å². The summed E-state index contributed by atoms with van der Waals surface area (Å²) in [5, 5.41) is 3.23. The van der Waals surface area contributed by atoms with Crippen molar-refractivity contribution < 1.29 is 14.3 Å². The van der Waals surface area contributed by atoms with Crippen LogP contribution in [-0.2, 0) is 6.54 Å². The van der Waals surface area contributed by atoms with E-state index in [9.17, 15) is 4.79 Å². The van der Waals surface area contributed by atoms with Gasteiger partial charge in [0.1, 0.15) is 0 Å². The minimum atomic E-state index is -0.00344. The van der Waals surface area contributed by atoms with Gasteiger partial charge in [-0.05, 0) is 24.6 Å². The number of hydrogen-bond acceptors (Lipinski definition) is 4. The smallest absolute Gasteiger partial charge is 0.231 e. The van der Waals surface area contributed by atoms with Crippen molar-refractivity contribution in [3.63, 3.8) is 0 Å². The van der Waals surface area contributed by atoms with Gasteiger partial charge in [0.05, 0.1) is 0 Å². The number of ether oxygens (including phenoxy) is 2. The Labute approximate surface area is 129 Å². The molecule has 0 atom stereocenters. The van der Waals surface area contributed by atoms with Crippen LogP contribution in [0.15, 0.2) is 60.3 Å². The molecule has 2 aromatic carbocycles. The fourth-order valence-electron chi connectivity index (χ4n) is 2.23. The van der Waals surface area contributed by atoms with Crippen LogP contribution in [0.4, 0.5) is 0 Å². The first-order chi connectivity index (χ1) is 10.7. The largest absolute Gasteiger partial charge is 0.454 e. The van der Waals surface area contributed by atoms with E-state index in [4.69, 9.17) is 9.47 Å². The van der Waals surface area contributed by atoms with E-state index in [1.165, 1.54) is 0 Å². The lowest BCUT2D eigenvalue weighted by Gasteiger charge is -2.07. The average Bonchev–Trinajstić information content (AvgIpc) is 3.01. The molecule has 1 aliphatic rings. The summed E-state index contributed by atoms with van der Waals surface area (Å²) in [6.45, 7) is 2.78. The SMILES string of the molecule is C/C(=C\C(=O)c1ccccc1)NCc1ccc2c(c1)OCO2. The number of nitrogens with one attached hydrogen (secondary N) is 1. The topological polar surface area (TPSA) is 47.6 Å². The summed E-state index contributed by atoms with van der Waals surface area (Å²) in [5.74, 6) is 1.54. The molecule has 0 aliphatic carbocycles. The Morgan fingerprint density at radius 3 is 2.73 bits per heavy atom. The first kappa shape index (κ1) is 14.2. The molecule has 0 saturated heterocycles. The summed E-state index contributed by atoms with van der Waals surface area (Å²) < 4.78 is 10.6. The number of carbonyl (C=O) groups is 1. The number of rotatable bonds is 5. The average molecular weight is 295 g/mol. The van der Waals surface area contributed by atoms with E-state index in [-0.39, 0.29) is 12.6 Å². The molecule has 0 unspecified atom stereocenters. The van der Waals surface area contributed by atoms with Crippen LogP contribution in [0.1, 0.15) is 22.8 Å². The summed E-state index contributed by atoms with van der Waals surface area (Å²) in [5.41, 5.74) is 2.59. The summed E-state index contributed by atoms with van der Waals surface area (Å²) in [6, 6.07) is 15.0. The van der Waals surface area contributed by atoms with Gasteiger partial charge in [-0.1, -0.05) is 36.4 Å². The van der Waals surface area contributed by atoms with Gasteiger partial charge in [0.2, 0.25) is 6.79 Å². The maximum atomic E-state index is 12.1. The van der Waals surface area contributed by atoms with Crippen molar-refractivity contribution in [3.8, 4) is 11.5 Å². The molecule has 0 radical (unpaired) electrons. The first-order valence-corrected chi connectivity index (χ1v) is 7.12. The number of ketones is 1. The van der Waals surface area contributed by atoms with Gasteiger partial charge in [0.25, 0.3) is 0 Å². The molecule has 0 aromatic heterocycles. The molecular formula is C18H17NO3. The van der Waals surface area contributed by atoms with Gasteiger partial charge < -0.3 is 14.8 Å². The molecular weight excluding hydrogens is 278 g/mol. The quantitative estimate of drug-likeness (QED) is 0.679. The van der Waals surface area contributed by atoms with E-state index >= 15 is 0 Å². The van der Waals surface area contributed by atoms with Gasteiger partial charge in [-0.2, -0.15) is 0 Å². The van der Waals surface area contributed by atoms with Gasteiger partial charge in [-0.3, -0.25) is 4.79 Å². The van der Waals surface area contributed by atoms with Crippen molar-refractivity contribution in [2.75, 3.05) is 6.79 Å². The molecule has 112 valence electrons. The minimum Gasteiger partial charge on any atom is -0.454 e. The second-order valence-electron chi connectivity index (χ2n) is 5.10. The minimum absolute atomic E-state index is 0.00344.